The molecule has 3 rings (SSSR count). The summed E-state index contributed by atoms with van der Waals surface area (Å²) in [5, 5.41) is 3.44. The zero-order chi connectivity index (χ0) is 13.9. The molecule has 2 aromatic rings. The summed E-state index contributed by atoms with van der Waals surface area (Å²) in [7, 11) is 0. The highest BCUT2D eigenvalue weighted by molar-refractivity contribution is 5.35. The molecule has 0 atom stereocenters. The van der Waals surface area contributed by atoms with Crippen molar-refractivity contribution in [2.24, 2.45) is 0 Å². The second kappa shape index (κ2) is 5.71. The molecule has 1 fully saturated rings. The lowest BCUT2D eigenvalue weighted by Gasteiger charge is -2.08. The predicted molar refractivity (Wildman–Crippen MR) is 78.8 cm³/mol. The Morgan fingerprint density at radius 1 is 1.15 bits per heavy atom. The van der Waals surface area contributed by atoms with Gasteiger partial charge in [0.05, 0.1) is 6.54 Å². The Morgan fingerprint density at radius 2 is 1.95 bits per heavy atom. The van der Waals surface area contributed by atoms with Crippen LogP contribution in [0.25, 0.3) is 0 Å². The molecule has 1 saturated carbocycles. The van der Waals surface area contributed by atoms with Crippen molar-refractivity contribution in [3.63, 3.8) is 0 Å². The van der Waals surface area contributed by atoms with Gasteiger partial charge in [0.1, 0.15) is 23.9 Å². The standard InChI is InChI=1S/C17H21NO2/c1-12-3-8-17(13(2)9-12)19-11-16-7-6-15(20-16)10-18-14-4-5-14/h3,6-9,14,18H,4-5,10-11H2,1-2H3. The molecule has 0 aliphatic heterocycles. The molecular formula is C17H21NO2. The van der Waals surface area contributed by atoms with E-state index in [2.05, 4.69) is 31.3 Å². The van der Waals surface area contributed by atoms with E-state index in [0.29, 0.717) is 12.6 Å². The van der Waals surface area contributed by atoms with E-state index in [1.54, 1.807) is 0 Å². The van der Waals surface area contributed by atoms with E-state index in [1.165, 1.54) is 18.4 Å². The van der Waals surface area contributed by atoms with E-state index in [4.69, 9.17) is 9.15 Å². The molecule has 0 saturated heterocycles. The molecule has 1 aliphatic carbocycles. The third kappa shape index (κ3) is 3.42. The van der Waals surface area contributed by atoms with E-state index in [-0.39, 0.29) is 0 Å². The first-order valence-electron chi connectivity index (χ1n) is 7.22. The molecule has 0 bridgehead atoms. The van der Waals surface area contributed by atoms with Crippen LogP contribution < -0.4 is 10.1 Å². The Morgan fingerprint density at radius 3 is 2.70 bits per heavy atom. The fraction of sp³-hybridized carbons (Fsp3) is 0.412. The molecule has 1 heterocycles. The molecule has 0 spiro atoms. The van der Waals surface area contributed by atoms with Crippen LogP contribution >= 0.6 is 0 Å². The number of hydrogen-bond acceptors (Lipinski definition) is 3. The molecule has 0 radical (unpaired) electrons. The van der Waals surface area contributed by atoms with Crippen LogP contribution in [-0.2, 0) is 13.2 Å². The molecular weight excluding hydrogens is 250 g/mol. The number of benzene rings is 1. The maximum Gasteiger partial charge on any atom is 0.146 e. The van der Waals surface area contributed by atoms with Crippen LogP contribution in [0, 0.1) is 13.8 Å². The van der Waals surface area contributed by atoms with Crippen molar-refractivity contribution in [3.05, 3.63) is 53.0 Å². The van der Waals surface area contributed by atoms with Gasteiger partial charge in [-0.15, -0.1) is 0 Å². The summed E-state index contributed by atoms with van der Waals surface area (Å²) in [5.74, 6) is 2.78. The second-order valence-electron chi connectivity index (χ2n) is 5.58. The lowest BCUT2D eigenvalue weighted by Crippen LogP contribution is -2.14. The van der Waals surface area contributed by atoms with E-state index in [0.717, 1.165) is 29.4 Å². The van der Waals surface area contributed by atoms with Crippen molar-refractivity contribution in [1.82, 2.24) is 5.32 Å². The van der Waals surface area contributed by atoms with E-state index in [9.17, 15) is 0 Å². The van der Waals surface area contributed by atoms with Crippen molar-refractivity contribution >= 4 is 0 Å². The third-order valence-corrected chi connectivity index (χ3v) is 3.56. The first kappa shape index (κ1) is 13.3. The topological polar surface area (TPSA) is 34.4 Å². The van der Waals surface area contributed by atoms with Gasteiger partial charge in [-0.2, -0.15) is 0 Å². The Hall–Kier alpha value is -1.74. The summed E-state index contributed by atoms with van der Waals surface area (Å²) in [6.07, 6.45) is 2.59. The number of ether oxygens (including phenoxy) is 1. The van der Waals surface area contributed by atoms with Gasteiger partial charge in [-0.25, -0.2) is 0 Å². The fourth-order valence-corrected chi connectivity index (χ4v) is 2.24. The zero-order valence-corrected chi connectivity index (χ0v) is 12.1. The van der Waals surface area contributed by atoms with Crippen molar-refractivity contribution < 1.29 is 9.15 Å². The quantitative estimate of drug-likeness (QED) is 0.869. The number of aryl methyl sites for hydroxylation is 2. The van der Waals surface area contributed by atoms with Gasteiger partial charge in [0.15, 0.2) is 0 Å². The Balaban J connectivity index is 1.54. The lowest BCUT2D eigenvalue weighted by molar-refractivity contribution is 0.263. The maximum atomic E-state index is 5.81. The highest BCUT2D eigenvalue weighted by Crippen LogP contribution is 2.21. The van der Waals surface area contributed by atoms with Crippen LogP contribution in [0.5, 0.6) is 5.75 Å². The minimum atomic E-state index is 0.479. The van der Waals surface area contributed by atoms with Gasteiger partial charge in [0.2, 0.25) is 0 Å². The Labute approximate surface area is 119 Å². The molecule has 1 aromatic heterocycles. The Bertz CT molecular complexity index is 584. The monoisotopic (exact) mass is 271 g/mol. The Kier molecular flexibility index (Phi) is 3.79. The zero-order valence-electron chi connectivity index (χ0n) is 12.1. The van der Waals surface area contributed by atoms with Gasteiger partial charge in [-0.1, -0.05) is 17.7 Å². The number of nitrogens with one attached hydrogen (secondary N) is 1. The van der Waals surface area contributed by atoms with E-state index < -0.39 is 0 Å². The second-order valence-corrected chi connectivity index (χ2v) is 5.58. The molecule has 106 valence electrons. The summed E-state index contributed by atoms with van der Waals surface area (Å²) < 4.78 is 11.6. The predicted octanol–water partition coefficient (Wildman–Crippen LogP) is 3.73. The van der Waals surface area contributed by atoms with E-state index >= 15 is 0 Å². The maximum absolute atomic E-state index is 5.81. The van der Waals surface area contributed by atoms with Crippen LogP contribution in [0.15, 0.2) is 34.7 Å². The van der Waals surface area contributed by atoms with Gasteiger partial charge in [-0.3, -0.25) is 0 Å². The molecule has 20 heavy (non-hydrogen) atoms. The molecule has 1 aromatic carbocycles. The first-order valence-corrected chi connectivity index (χ1v) is 7.22. The van der Waals surface area contributed by atoms with E-state index in [1.807, 2.05) is 18.2 Å². The fourth-order valence-electron chi connectivity index (χ4n) is 2.24. The normalized spacial score (nSPS) is 14.5. The molecule has 1 N–H and O–H groups in total. The van der Waals surface area contributed by atoms with Crippen LogP contribution in [0.1, 0.15) is 35.5 Å². The van der Waals surface area contributed by atoms with Gasteiger partial charge in [0, 0.05) is 6.04 Å². The highest BCUT2D eigenvalue weighted by Gasteiger charge is 2.20. The summed E-state index contributed by atoms with van der Waals surface area (Å²) in [4.78, 5) is 0. The average Bonchev–Trinajstić information content (AvgIpc) is 3.14. The van der Waals surface area contributed by atoms with Crippen LogP contribution in [0.4, 0.5) is 0 Å². The van der Waals surface area contributed by atoms with Gasteiger partial charge < -0.3 is 14.5 Å². The number of furan rings is 1. The number of rotatable bonds is 6. The first-order chi connectivity index (χ1) is 9.70. The van der Waals surface area contributed by atoms with Crippen LogP contribution in [0.3, 0.4) is 0 Å². The molecule has 0 amide bonds. The van der Waals surface area contributed by atoms with Crippen molar-refractivity contribution in [1.29, 1.82) is 0 Å². The van der Waals surface area contributed by atoms with Crippen LogP contribution in [-0.4, -0.2) is 6.04 Å². The summed E-state index contributed by atoms with van der Waals surface area (Å²) >= 11 is 0. The van der Waals surface area contributed by atoms with Gasteiger partial charge in [0.25, 0.3) is 0 Å². The van der Waals surface area contributed by atoms with Crippen LogP contribution in [0.2, 0.25) is 0 Å². The molecule has 3 heteroatoms. The molecule has 1 aliphatic rings. The van der Waals surface area contributed by atoms with Crippen molar-refractivity contribution in [3.8, 4) is 5.75 Å². The minimum Gasteiger partial charge on any atom is -0.485 e. The van der Waals surface area contributed by atoms with Crippen molar-refractivity contribution in [2.75, 3.05) is 0 Å². The largest absolute Gasteiger partial charge is 0.485 e. The third-order valence-electron chi connectivity index (χ3n) is 3.56. The summed E-state index contributed by atoms with van der Waals surface area (Å²) in [6, 6.07) is 10.9. The van der Waals surface area contributed by atoms with Gasteiger partial charge in [-0.05, 0) is 50.5 Å². The van der Waals surface area contributed by atoms with Gasteiger partial charge >= 0.3 is 0 Å². The lowest BCUT2D eigenvalue weighted by atomic mass is 10.1. The number of hydrogen-bond donors (Lipinski definition) is 1. The summed E-state index contributed by atoms with van der Waals surface area (Å²) in [6.45, 7) is 5.44. The molecule has 0 unspecified atom stereocenters. The average molecular weight is 271 g/mol. The molecule has 3 nitrogen and oxygen atoms in total. The van der Waals surface area contributed by atoms with Crippen molar-refractivity contribution in [2.45, 2.75) is 45.9 Å². The summed E-state index contributed by atoms with van der Waals surface area (Å²) in [5.41, 5.74) is 2.41. The SMILES string of the molecule is Cc1ccc(OCc2ccc(CNC3CC3)o2)c(C)c1. The highest BCUT2D eigenvalue weighted by atomic mass is 16.5. The minimum absolute atomic E-state index is 0.479. The smallest absolute Gasteiger partial charge is 0.146 e.